The minimum Gasteiger partial charge on any atom is -0.491 e. The fraction of sp³-hybridized carbons (Fsp3) is 0.375. The van der Waals surface area contributed by atoms with Gasteiger partial charge in [0.05, 0.1) is 12.8 Å². The molecule has 0 saturated carbocycles. The van der Waals surface area contributed by atoms with Crippen molar-refractivity contribution in [2.75, 3.05) is 20.3 Å². The van der Waals surface area contributed by atoms with Gasteiger partial charge in [0.25, 0.3) is 0 Å². The molecule has 0 aliphatic carbocycles. The van der Waals surface area contributed by atoms with Crippen molar-refractivity contribution in [1.82, 2.24) is 20.4 Å². The summed E-state index contributed by atoms with van der Waals surface area (Å²) in [5, 5.41) is 18.8. The number of carbonyl (C=O) groups is 1. The van der Waals surface area contributed by atoms with E-state index in [1.165, 1.54) is 0 Å². The van der Waals surface area contributed by atoms with Crippen LogP contribution < -0.4 is 15.4 Å². The molecule has 0 fully saturated rings. The highest BCUT2D eigenvalue weighted by atomic mass is 16.5. The quantitative estimate of drug-likeness (QED) is 0.654. The zero-order valence-electron chi connectivity index (χ0n) is 13.3. The highest BCUT2D eigenvalue weighted by molar-refractivity contribution is 5.83. The van der Waals surface area contributed by atoms with Gasteiger partial charge in [-0.15, -0.1) is 0 Å². The number of ether oxygens (including phenoxy) is 1. The first-order valence-corrected chi connectivity index (χ1v) is 7.40. The summed E-state index contributed by atoms with van der Waals surface area (Å²) in [6.07, 6.45) is 3.47. The second-order valence-electron chi connectivity index (χ2n) is 5.07. The number of aliphatic hydroxyl groups excluding tert-OH is 1. The Labute approximate surface area is 135 Å². The van der Waals surface area contributed by atoms with Crippen LogP contribution in [0.5, 0.6) is 5.75 Å². The van der Waals surface area contributed by atoms with Crippen LogP contribution in [0, 0.1) is 0 Å². The molecule has 3 N–H and O–H groups in total. The van der Waals surface area contributed by atoms with Crippen LogP contribution in [0.1, 0.15) is 17.2 Å². The lowest BCUT2D eigenvalue weighted by Gasteiger charge is -2.16. The molecule has 0 bridgehead atoms. The Kier molecular flexibility index (Phi) is 6.13. The number of nitrogens with zero attached hydrogens (tertiary/aromatic N) is 2. The van der Waals surface area contributed by atoms with Crippen molar-refractivity contribution in [2.45, 2.75) is 12.6 Å². The Morgan fingerprint density at radius 3 is 2.87 bits per heavy atom. The number of amides is 1. The Hall–Kier alpha value is -2.38. The van der Waals surface area contributed by atoms with E-state index in [4.69, 9.17) is 9.84 Å². The van der Waals surface area contributed by atoms with Crippen LogP contribution in [0.25, 0.3) is 0 Å². The third-order valence-corrected chi connectivity index (χ3v) is 3.38. The molecule has 0 radical (unpaired) electrons. The Morgan fingerprint density at radius 2 is 2.22 bits per heavy atom. The third-order valence-electron chi connectivity index (χ3n) is 3.38. The van der Waals surface area contributed by atoms with E-state index in [9.17, 15) is 4.79 Å². The zero-order chi connectivity index (χ0) is 16.7. The highest BCUT2D eigenvalue weighted by Crippen LogP contribution is 2.18. The molecule has 1 unspecified atom stereocenters. The number of para-hydroxylation sites is 1. The fourth-order valence-corrected chi connectivity index (χ4v) is 2.27. The van der Waals surface area contributed by atoms with Gasteiger partial charge in [-0.1, -0.05) is 18.2 Å². The Balaban J connectivity index is 2.00. The smallest absolute Gasteiger partial charge is 0.242 e. The minimum atomic E-state index is -0.464. The molecule has 124 valence electrons. The molecule has 1 aromatic carbocycles. The number of rotatable bonds is 8. The van der Waals surface area contributed by atoms with Crippen molar-refractivity contribution >= 4 is 5.91 Å². The van der Waals surface area contributed by atoms with Crippen LogP contribution in [0.2, 0.25) is 0 Å². The lowest BCUT2D eigenvalue weighted by molar-refractivity contribution is -0.123. The summed E-state index contributed by atoms with van der Waals surface area (Å²) in [7, 11) is 3.54. The number of likely N-dealkylation sites (N-methyl/N-ethyl adjacent to an activating group) is 1. The molecule has 2 rings (SSSR count). The van der Waals surface area contributed by atoms with E-state index in [0.717, 1.165) is 11.1 Å². The van der Waals surface area contributed by atoms with Crippen LogP contribution >= 0.6 is 0 Å². The molecule has 1 heterocycles. The maximum Gasteiger partial charge on any atom is 0.242 e. The first-order chi connectivity index (χ1) is 11.2. The number of aryl methyl sites for hydroxylation is 1. The number of carbonyl (C=O) groups excluding carboxylic acids is 1. The Bertz CT molecular complexity index is 642. The fourth-order valence-electron chi connectivity index (χ4n) is 2.27. The molecule has 1 atom stereocenters. The van der Waals surface area contributed by atoms with E-state index in [-0.39, 0.29) is 19.1 Å². The third kappa shape index (κ3) is 4.54. The van der Waals surface area contributed by atoms with E-state index in [0.29, 0.717) is 12.3 Å². The van der Waals surface area contributed by atoms with Crippen molar-refractivity contribution in [2.24, 2.45) is 7.05 Å². The van der Waals surface area contributed by atoms with Crippen LogP contribution in [-0.4, -0.2) is 41.1 Å². The molecule has 0 aliphatic rings. The summed E-state index contributed by atoms with van der Waals surface area (Å²) in [5.41, 5.74) is 1.66. The molecule has 7 nitrogen and oxygen atoms in total. The molecule has 23 heavy (non-hydrogen) atoms. The summed E-state index contributed by atoms with van der Waals surface area (Å²) in [5.74, 6) is 0.515. The molecular weight excluding hydrogens is 296 g/mol. The van der Waals surface area contributed by atoms with E-state index in [2.05, 4.69) is 15.7 Å². The van der Waals surface area contributed by atoms with Crippen LogP contribution in [0.4, 0.5) is 0 Å². The van der Waals surface area contributed by atoms with Gasteiger partial charge < -0.3 is 20.5 Å². The molecule has 0 spiro atoms. The van der Waals surface area contributed by atoms with Crippen molar-refractivity contribution in [3.8, 4) is 5.75 Å². The van der Waals surface area contributed by atoms with Crippen LogP contribution in [0.3, 0.4) is 0 Å². The van der Waals surface area contributed by atoms with Gasteiger partial charge in [-0.25, -0.2) is 0 Å². The minimum absolute atomic E-state index is 0.0521. The highest BCUT2D eigenvalue weighted by Gasteiger charge is 2.20. The van der Waals surface area contributed by atoms with Gasteiger partial charge in [0.2, 0.25) is 5.91 Å². The summed E-state index contributed by atoms with van der Waals surface area (Å²) in [6, 6.07) is 6.96. The molecule has 1 aromatic heterocycles. The van der Waals surface area contributed by atoms with Crippen LogP contribution in [0.15, 0.2) is 36.7 Å². The van der Waals surface area contributed by atoms with E-state index < -0.39 is 6.04 Å². The normalized spacial score (nSPS) is 12.0. The lowest BCUT2D eigenvalue weighted by atomic mass is 10.1. The largest absolute Gasteiger partial charge is 0.491 e. The number of benzene rings is 1. The first-order valence-electron chi connectivity index (χ1n) is 7.40. The molecular formula is C16H22N4O3. The lowest BCUT2D eigenvalue weighted by Crippen LogP contribution is -2.35. The number of nitrogens with one attached hydrogen (secondary N) is 2. The molecule has 0 aliphatic heterocycles. The number of hydrogen-bond acceptors (Lipinski definition) is 5. The van der Waals surface area contributed by atoms with Gasteiger partial charge in [0.1, 0.15) is 18.4 Å². The van der Waals surface area contributed by atoms with Crippen molar-refractivity contribution < 1.29 is 14.6 Å². The summed E-state index contributed by atoms with van der Waals surface area (Å²) >= 11 is 0. The van der Waals surface area contributed by atoms with Crippen molar-refractivity contribution in [3.05, 3.63) is 47.8 Å². The second kappa shape index (κ2) is 8.30. The molecule has 1 amide bonds. The topological polar surface area (TPSA) is 88.4 Å². The summed E-state index contributed by atoms with van der Waals surface area (Å²) in [6.45, 7) is 0.516. The maximum atomic E-state index is 12.4. The standard InChI is InChI=1S/C16H22N4O3/c1-17-15(13-10-19-20(2)11-13)16(22)18-9-12-5-3-4-6-14(12)23-8-7-21/h3-6,10-11,15,17,21H,7-9H2,1-2H3,(H,18,22). The maximum absolute atomic E-state index is 12.4. The average Bonchev–Trinajstić information content (AvgIpc) is 2.98. The number of aromatic nitrogens is 2. The van der Waals surface area contributed by atoms with Gasteiger partial charge in [-0.3, -0.25) is 9.48 Å². The molecule has 7 heteroatoms. The SMILES string of the molecule is CNC(C(=O)NCc1ccccc1OCCO)c1cnn(C)c1. The molecule has 0 saturated heterocycles. The van der Waals surface area contributed by atoms with Gasteiger partial charge in [-0.2, -0.15) is 5.10 Å². The van der Waals surface area contributed by atoms with Gasteiger partial charge >= 0.3 is 0 Å². The van der Waals surface area contributed by atoms with Gasteiger partial charge in [-0.05, 0) is 13.1 Å². The first kappa shape index (κ1) is 17.0. The van der Waals surface area contributed by atoms with E-state index >= 15 is 0 Å². The number of aliphatic hydroxyl groups is 1. The predicted molar refractivity (Wildman–Crippen MR) is 85.9 cm³/mol. The van der Waals surface area contributed by atoms with E-state index in [1.807, 2.05) is 31.3 Å². The molecule has 2 aromatic rings. The Morgan fingerprint density at radius 1 is 1.43 bits per heavy atom. The van der Waals surface area contributed by atoms with Crippen molar-refractivity contribution in [3.63, 3.8) is 0 Å². The average molecular weight is 318 g/mol. The van der Waals surface area contributed by atoms with Gasteiger partial charge in [0, 0.05) is 30.9 Å². The van der Waals surface area contributed by atoms with Crippen LogP contribution in [-0.2, 0) is 18.4 Å². The second-order valence-corrected chi connectivity index (χ2v) is 5.07. The van der Waals surface area contributed by atoms with E-state index in [1.54, 1.807) is 24.1 Å². The summed E-state index contributed by atoms with van der Waals surface area (Å²) < 4.78 is 7.12. The monoisotopic (exact) mass is 318 g/mol. The zero-order valence-corrected chi connectivity index (χ0v) is 13.3. The number of hydrogen-bond donors (Lipinski definition) is 3. The predicted octanol–water partition coefficient (Wildman–Crippen LogP) is 0.368. The van der Waals surface area contributed by atoms with Crippen molar-refractivity contribution in [1.29, 1.82) is 0 Å². The summed E-state index contributed by atoms with van der Waals surface area (Å²) in [4.78, 5) is 12.4. The van der Waals surface area contributed by atoms with Gasteiger partial charge in [0.15, 0.2) is 0 Å².